The molecule has 0 atom stereocenters. The molecule has 19 heteroatoms. The van der Waals surface area contributed by atoms with Gasteiger partial charge in [-0.3, -0.25) is 9.78 Å². The number of pyridine rings is 1. The van der Waals surface area contributed by atoms with Gasteiger partial charge in [-0.1, -0.05) is 133 Å². The number of aromatic amines is 3. The molecule has 0 fully saturated rings. The van der Waals surface area contributed by atoms with Gasteiger partial charge in [0, 0.05) is 34.3 Å². The molecule has 13 rings (SSSR count). The van der Waals surface area contributed by atoms with Crippen LogP contribution in [0.15, 0.2) is 222 Å². The Balaban J connectivity index is 0.000000145. The largest absolute Gasteiger partial charge is 0.386 e. The van der Waals surface area contributed by atoms with Gasteiger partial charge in [-0.05, 0) is 196 Å². The lowest BCUT2D eigenvalue weighted by molar-refractivity contribution is 0.0791. The molecule has 0 saturated carbocycles. The van der Waals surface area contributed by atoms with E-state index < -0.39 is 25.6 Å². The van der Waals surface area contributed by atoms with Crippen LogP contribution in [0.2, 0.25) is 0 Å². The van der Waals surface area contributed by atoms with Crippen LogP contribution in [0.3, 0.4) is 0 Å². The second kappa shape index (κ2) is 28.3. The molecule has 4 heterocycles. The first kappa shape index (κ1) is 65.3. The summed E-state index contributed by atoms with van der Waals surface area (Å²) >= 11 is 0. The van der Waals surface area contributed by atoms with Gasteiger partial charge in [0.1, 0.15) is 17.5 Å². The number of carbonyl (C=O) groups is 1. The fraction of sp³-hybridized carbons (Fsp3) is 0.105. The smallest absolute Gasteiger partial charge is 0.251 e. The van der Waals surface area contributed by atoms with Crippen molar-refractivity contribution in [2.75, 3.05) is 14.1 Å². The van der Waals surface area contributed by atoms with Crippen molar-refractivity contribution in [3.05, 3.63) is 263 Å². The van der Waals surface area contributed by atoms with Crippen LogP contribution in [-0.2, 0) is 25.6 Å². The number of aliphatic hydroxyl groups is 1. The molecule has 95 heavy (non-hydrogen) atoms. The number of rotatable bonds is 16. The summed E-state index contributed by atoms with van der Waals surface area (Å²) in [5.41, 5.74) is 15.1. The Morgan fingerprint density at radius 3 is 1.39 bits per heavy atom. The number of imidazole rings is 3. The third kappa shape index (κ3) is 15.6. The van der Waals surface area contributed by atoms with Gasteiger partial charge in [0.25, 0.3) is 5.91 Å². The van der Waals surface area contributed by atoms with E-state index in [2.05, 4.69) is 87.1 Å². The van der Waals surface area contributed by atoms with Gasteiger partial charge in [0.05, 0.1) is 65.6 Å². The summed E-state index contributed by atoms with van der Waals surface area (Å²) in [4.78, 5) is 40.7. The molecule has 1 amide bonds. The summed E-state index contributed by atoms with van der Waals surface area (Å²) in [7, 11) is -4.37. The van der Waals surface area contributed by atoms with E-state index in [9.17, 15) is 26.7 Å². The third-order valence-electron chi connectivity index (χ3n) is 15.5. The Labute approximate surface area is 550 Å². The number of hydrogen-bond acceptors (Lipinski definition) is 11. The monoisotopic (exact) mass is 1290 g/mol. The van der Waals surface area contributed by atoms with Gasteiger partial charge >= 0.3 is 0 Å². The first-order valence-electron chi connectivity index (χ1n) is 30.4. The van der Waals surface area contributed by atoms with E-state index in [4.69, 9.17) is 10.2 Å². The van der Waals surface area contributed by atoms with Crippen molar-refractivity contribution in [1.29, 1.82) is 5.26 Å². The lowest BCUT2D eigenvalue weighted by atomic mass is 9.89. The zero-order chi connectivity index (χ0) is 66.9. The van der Waals surface area contributed by atoms with Crippen molar-refractivity contribution in [2.45, 2.75) is 49.1 Å². The molecule has 9 aromatic carbocycles. The number of carbonyl (C=O) groups excluding carboxylic acids is 1. The Bertz CT molecular complexity index is 5350. The minimum atomic E-state index is -3.59. The molecule has 13 aromatic rings. The predicted molar refractivity (Wildman–Crippen MR) is 381 cm³/mol. The zero-order valence-corrected chi connectivity index (χ0v) is 54.4. The van der Waals surface area contributed by atoms with E-state index in [1.54, 1.807) is 66.9 Å². The van der Waals surface area contributed by atoms with Crippen molar-refractivity contribution in [3.63, 3.8) is 0 Å². The van der Waals surface area contributed by atoms with E-state index in [1.165, 1.54) is 14.1 Å². The minimum Gasteiger partial charge on any atom is -0.386 e. The third-order valence-corrected chi connectivity index (χ3v) is 18.4. The lowest BCUT2D eigenvalue weighted by Crippen LogP contribution is -2.29. The molecule has 0 aliphatic heterocycles. The molecule has 4 aromatic heterocycles. The Hall–Kier alpha value is -11.2. The Kier molecular flexibility index (Phi) is 19.5. The van der Waals surface area contributed by atoms with Crippen LogP contribution in [0.25, 0.3) is 114 Å². The number of sulfonamides is 2. The van der Waals surface area contributed by atoms with E-state index in [0.29, 0.717) is 33.9 Å². The summed E-state index contributed by atoms with van der Waals surface area (Å²) in [6.45, 7) is 7.47. The number of amides is 1. The summed E-state index contributed by atoms with van der Waals surface area (Å²) < 4.78 is 54.3. The molecule has 0 aliphatic rings. The second-order valence-electron chi connectivity index (χ2n) is 23.0. The maximum absolute atomic E-state index is 12.4. The van der Waals surface area contributed by atoms with E-state index in [0.717, 1.165) is 94.3 Å². The van der Waals surface area contributed by atoms with E-state index in [-0.39, 0.29) is 21.7 Å². The van der Waals surface area contributed by atoms with Crippen LogP contribution in [0, 0.1) is 11.3 Å². The van der Waals surface area contributed by atoms with Crippen LogP contribution in [-0.4, -0.2) is 82.9 Å². The van der Waals surface area contributed by atoms with Crippen molar-refractivity contribution < 1.29 is 26.7 Å². The number of nitrogens with zero attached hydrogens (tertiary/aromatic N) is 5. The van der Waals surface area contributed by atoms with Gasteiger partial charge in [-0.2, -0.15) is 5.26 Å². The highest BCUT2D eigenvalue weighted by atomic mass is 32.2. The van der Waals surface area contributed by atoms with Crippen molar-refractivity contribution in [2.24, 2.45) is 0 Å². The molecule has 0 radical (unpaired) electrons. The van der Waals surface area contributed by atoms with Crippen LogP contribution in [0.4, 0.5) is 0 Å². The molecular formula is C76H67N11O6S2. The average molecular weight is 1290 g/mol. The summed E-state index contributed by atoms with van der Waals surface area (Å²) in [5.74, 6) is 2.06. The molecule has 474 valence electrons. The zero-order valence-electron chi connectivity index (χ0n) is 52.8. The maximum Gasteiger partial charge on any atom is 0.251 e. The SMILES string of the molecule is CC(C)(O)c1ccccc1-c1ccc2nc(/C=C/c3ccc4ncccc4c3)[nH]c2c1.CNS(=O)(=O)c1ccccc1-c1ccc2nc(/C=C/c3ccc(C#N)cc3)[nH]c2c1.CNS(=O)(=O)c1ccccc1-c1ccc2nc(/C=C/c3ccc(C(=O)NC(C)C)cc3)[nH]c2c1. The molecule has 0 spiro atoms. The molecule has 0 unspecified atom stereocenters. The number of fused-ring (bicyclic) bond motifs is 4. The standard InChI is InChI=1S/C27H23N3O.C26H26N4O3S.C23H18N4O2S/c1-27(2,31)22-8-4-3-7-21(22)19-11-13-24-25(17-19)30-26(29-24)14-10-18-9-12-23-20(16-18)6-5-15-28-23;1-17(2)28-26(31)19-11-8-18(9-12-19)10-15-25-29-22-14-13-20(16-23(22)30-25)21-6-4-5-7-24(21)34(32,33)27-3;1-25-30(28,29)22-5-3-2-4-19(22)18-11-12-20-21(14-18)27-23(26-20)13-10-16-6-8-17(15-24)9-7-16/h3-17,31H,1-2H3,(H,29,30);4-17,27H,1-3H3,(H,28,31)(H,29,30);2-14,25H,1H3,(H,26,27)/b14-10+;15-10+;13-10+. The van der Waals surface area contributed by atoms with E-state index >= 15 is 0 Å². The van der Waals surface area contributed by atoms with Gasteiger partial charge in [0.15, 0.2) is 0 Å². The maximum atomic E-state index is 12.4. The average Bonchev–Trinajstić information content (AvgIpc) is 1.80. The summed E-state index contributed by atoms with van der Waals surface area (Å²) in [6.07, 6.45) is 13.4. The van der Waals surface area contributed by atoms with Crippen LogP contribution >= 0.6 is 0 Å². The molecule has 7 N–H and O–H groups in total. The van der Waals surface area contributed by atoms with Gasteiger partial charge in [-0.25, -0.2) is 41.2 Å². The number of hydrogen-bond donors (Lipinski definition) is 7. The molecule has 0 saturated heterocycles. The van der Waals surface area contributed by atoms with E-state index in [1.807, 2.05) is 173 Å². The first-order valence-corrected chi connectivity index (χ1v) is 33.4. The second-order valence-corrected chi connectivity index (χ2v) is 26.7. The number of benzene rings is 9. The number of H-pyrrole nitrogens is 3. The fourth-order valence-corrected chi connectivity index (χ4v) is 12.6. The lowest BCUT2D eigenvalue weighted by Gasteiger charge is -2.21. The predicted octanol–water partition coefficient (Wildman–Crippen LogP) is 14.8. The molecule has 0 aliphatic carbocycles. The fourth-order valence-electron chi connectivity index (χ4n) is 10.7. The highest BCUT2D eigenvalue weighted by molar-refractivity contribution is 7.90. The molecule has 17 nitrogen and oxygen atoms in total. The molecule has 0 bridgehead atoms. The van der Waals surface area contributed by atoms with Gasteiger partial charge in [0.2, 0.25) is 20.0 Å². The summed E-state index contributed by atoms with van der Waals surface area (Å²) in [6, 6.07) is 66.1. The number of nitriles is 1. The van der Waals surface area contributed by atoms with Crippen molar-refractivity contribution in [1.82, 2.24) is 49.6 Å². The number of nitrogens with one attached hydrogen (secondary N) is 6. The van der Waals surface area contributed by atoms with Gasteiger partial charge < -0.3 is 25.4 Å². The topological polar surface area (TPSA) is 264 Å². The van der Waals surface area contributed by atoms with Crippen molar-refractivity contribution in [3.8, 4) is 39.4 Å². The normalized spacial score (nSPS) is 12.0. The Morgan fingerprint density at radius 1 is 0.505 bits per heavy atom. The Morgan fingerprint density at radius 2 is 0.926 bits per heavy atom. The first-order chi connectivity index (χ1) is 45.7. The highest BCUT2D eigenvalue weighted by Crippen LogP contribution is 2.35. The minimum absolute atomic E-state index is 0.0851. The van der Waals surface area contributed by atoms with Crippen LogP contribution in [0.1, 0.15) is 83.3 Å². The molecular weight excluding hydrogens is 1230 g/mol. The van der Waals surface area contributed by atoms with Crippen molar-refractivity contribution >= 4 is 106 Å². The summed E-state index contributed by atoms with van der Waals surface area (Å²) in [5, 5.41) is 23.4. The van der Waals surface area contributed by atoms with Crippen LogP contribution < -0.4 is 14.8 Å². The quantitative estimate of drug-likeness (QED) is 0.0478. The number of aromatic nitrogens is 7. The van der Waals surface area contributed by atoms with Gasteiger partial charge in [-0.15, -0.1) is 0 Å². The van der Waals surface area contributed by atoms with Crippen LogP contribution in [0.5, 0.6) is 0 Å². The highest BCUT2D eigenvalue weighted by Gasteiger charge is 2.22.